The number of methoxy groups -OCH3 is 1. The van der Waals surface area contributed by atoms with E-state index in [0.717, 1.165) is 38.6 Å². The van der Waals surface area contributed by atoms with Gasteiger partial charge < -0.3 is 19.5 Å². The summed E-state index contributed by atoms with van der Waals surface area (Å²) < 4.78 is 16.5. The van der Waals surface area contributed by atoms with E-state index in [4.69, 9.17) is 14.2 Å². The Balaban J connectivity index is 2.18. The predicted octanol–water partition coefficient (Wildman–Crippen LogP) is 12.6. The van der Waals surface area contributed by atoms with Crippen LogP contribution in [-0.2, 0) is 28.6 Å². The zero-order valence-electron chi connectivity index (χ0n) is 37.3. The molecule has 1 aliphatic rings. The first-order valence-electron chi connectivity index (χ1n) is 24.3. The van der Waals surface area contributed by atoms with Crippen molar-refractivity contribution in [3.05, 3.63) is 0 Å². The average Bonchev–Trinajstić information content (AvgIpc) is 3.64. The highest BCUT2D eigenvalue weighted by atomic mass is 16.5. The first-order valence-corrected chi connectivity index (χ1v) is 24.3. The molecule has 0 aromatic carbocycles. The summed E-state index contributed by atoms with van der Waals surface area (Å²) in [7, 11) is 1.70. The number of nitrogens with one attached hydrogen (secondary N) is 1. The van der Waals surface area contributed by atoms with Crippen LogP contribution in [0.4, 0.5) is 0 Å². The summed E-state index contributed by atoms with van der Waals surface area (Å²) in [6, 6.07) is -0.639. The molecule has 0 spiro atoms. The van der Waals surface area contributed by atoms with Crippen molar-refractivity contribution in [3.63, 3.8) is 0 Å². The molecule has 8 heteroatoms. The molecule has 1 aliphatic heterocycles. The van der Waals surface area contributed by atoms with Crippen LogP contribution in [0.15, 0.2) is 0 Å². The highest BCUT2D eigenvalue weighted by Crippen LogP contribution is 2.16. The fourth-order valence-corrected chi connectivity index (χ4v) is 7.98. The van der Waals surface area contributed by atoms with Crippen LogP contribution < -0.4 is 5.32 Å². The van der Waals surface area contributed by atoms with E-state index < -0.39 is 6.04 Å². The second-order valence-corrected chi connectivity index (χ2v) is 17.1. The van der Waals surface area contributed by atoms with E-state index in [9.17, 15) is 14.4 Å². The Hall–Kier alpha value is -1.67. The molecule has 0 bridgehead atoms. The third-order valence-electron chi connectivity index (χ3n) is 11.6. The second-order valence-electron chi connectivity index (χ2n) is 17.1. The smallest absolute Gasteiger partial charge is 0.307 e. The molecule has 0 aromatic heterocycles. The minimum atomic E-state index is -0.639. The molecule has 1 N–H and O–H groups in total. The SMILES string of the molecule is CCCCCCCCCCCCCCCCCCOC(=O)CC(CC(=O)OCCCCCCCCCCCCCCCCCC)NC(=O)CN1CC[C@H](OC)C1. The van der Waals surface area contributed by atoms with Gasteiger partial charge in [-0.3, -0.25) is 19.3 Å². The predicted molar refractivity (Wildman–Crippen MR) is 234 cm³/mol. The fourth-order valence-electron chi connectivity index (χ4n) is 7.98. The summed E-state index contributed by atoms with van der Waals surface area (Å²) in [4.78, 5) is 40.5. The Kier molecular flexibility index (Phi) is 37.5. The molecular formula is C48H92N2O6. The van der Waals surface area contributed by atoms with E-state index >= 15 is 0 Å². The Morgan fingerprint density at radius 3 is 1.14 bits per heavy atom. The number of nitrogens with zero attached hydrogens (tertiary/aromatic N) is 1. The molecule has 1 atom stereocenters. The van der Waals surface area contributed by atoms with Gasteiger partial charge in [-0.2, -0.15) is 0 Å². The summed E-state index contributed by atoms with van der Waals surface area (Å²) in [5.41, 5.74) is 0. The first kappa shape index (κ1) is 52.3. The number of hydrogen-bond donors (Lipinski definition) is 1. The van der Waals surface area contributed by atoms with Crippen molar-refractivity contribution in [2.45, 2.75) is 251 Å². The Labute approximate surface area is 346 Å². The lowest BCUT2D eigenvalue weighted by molar-refractivity contribution is -0.146. The van der Waals surface area contributed by atoms with E-state index in [1.807, 2.05) is 4.90 Å². The Morgan fingerprint density at radius 2 is 0.839 bits per heavy atom. The second kappa shape index (κ2) is 40.1. The molecule has 1 saturated heterocycles. The van der Waals surface area contributed by atoms with Gasteiger partial charge in [0.25, 0.3) is 0 Å². The lowest BCUT2D eigenvalue weighted by atomic mass is 10.0. The standard InChI is InChI=1S/C48H92N2O6/c1-4-6-8-10-12-14-16-18-20-22-24-26-28-30-32-34-38-55-47(52)40-44(49-46(51)43-50-37-36-45(42-50)54-3)41-48(53)56-39-35-33-31-29-27-25-23-21-19-17-15-13-11-9-7-5-2/h44-45H,4-43H2,1-3H3,(H,49,51)/t45-/m0/s1. The number of ether oxygens (including phenoxy) is 3. The lowest BCUT2D eigenvalue weighted by Crippen LogP contribution is -2.44. The van der Waals surface area contributed by atoms with Crippen molar-refractivity contribution in [2.24, 2.45) is 0 Å². The number of amides is 1. The van der Waals surface area contributed by atoms with Crippen molar-refractivity contribution in [1.82, 2.24) is 10.2 Å². The molecule has 8 nitrogen and oxygen atoms in total. The van der Waals surface area contributed by atoms with Crippen LogP contribution >= 0.6 is 0 Å². The minimum absolute atomic E-state index is 0.0283. The van der Waals surface area contributed by atoms with E-state index in [1.165, 1.54) is 180 Å². The number of carbonyl (C=O) groups is 3. The lowest BCUT2D eigenvalue weighted by Gasteiger charge is -2.20. The van der Waals surface area contributed by atoms with Crippen LogP contribution in [0, 0.1) is 0 Å². The average molecular weight is 793 g/mol. The van der Waals surface area contributed by atoms with Crippen LogP contribution in [-0.4, -0.2) is 74.8 Å². The number of unbranched alkanes of at least 4 members (excludes halogenated alkanes) is 30. The van der Waals surface area contributed by atoms with Gasteiger partial charge >= 0.3 is 11.9 Å². The maximum atomic E-state index is 12.9. The molecule has 0 aromatic rings. The van der Waals surface area contributed by atoms with E-state index in [-0.39, 0.29) is 43.3 Å². The number of rotatable bonds is 42. The van der Waals surface area contributed by atoms with E-state index in [2.05, 4.69) is 19.2 Å². The number of hydrogen-bond acceptors (Lipinski definition) is 7. The monoisotopic (exact) mass is 793 g/mol. The Morgan fingerprint density at radius 1 is 0.518 bits per heavy atom. The van der Waals surface area contributed by atoms with Gasteiger partial charge in [-0.1, -0.05) is 206 Å². The molecule has 1 fully saturated rings. The molecule has 0 saturated carbocycles. The molecule has 0 aliphatic carbocycles. The van der Waals surface area contributed by atoms with Gasteiger partial charge in [0.05, 0.1) is 38.7 Å². The quantitative estimate of drug-likeness (QED) is 0.0486. The van der Waals surface area contributed by atoms with Crippen molar-refractivity contribution < 1.29 is 28.6 Å². The molecule has 1 heterocycles. The van der Waals surface area contributed by atoms with Crippen molar-refractivity contribution >= 4 is 17.8 Å². The molecule has 56 heavy (non-hydrogen) atoms. The number of esters is 2. The fraction of sp³-hybridized carbons (Fsp3) is 0.938. The summed E-state index contributed by atoms with van der Waals surface area (Å²) >= 11 is 0. The van der Waals surface area contributed by atoms with Crippen molar-refractivity contribution in [2.75, 3.05) is 40.0 Å². The summed E-state index contributed by atoms with van der Waals surface area (Å²) in [5.74, 6) is -0.937. The molecule has 1 rings (SSSR count). The zero-order valence-corrected chi connectivity index (χ0v) is 37.3. The summed E-state index contributed by atoms with van der Waals surface area (Å²) in [6.45, 7) is 7.03. The van der Waals surface area contributed by atoms with E-state index in [0.29, 0.717) is 19.8 Å². The van der Waals surface area contributed by atoms with Crippen LogP contribution in [0.25, 0.3) is 0 Å². The highest BCUT2D eigenvalue weighted by molar-refractivity contribution is 5.81. The molecule has 1 amide bonds. The van der Waals surface area contributed by atoms with Crippen LogP contribution in [0.2, 0.25) is 0 Å². The maximum Gasteiger partial charge on any atom is 0.307 e. The molecular weight excluding hydrogens is 701 g/mol. The van der Waals surface area contributed by atoms with Gasteiger partial charge in [-0.15, -0.1) is 0 Å². The Bertz CT molecular complexity index is 849. The van der Waals surface area contributed by atoms with Crippen LogP contribution in [0.3, 0.4) is 0 Å². The normalized spacial score (nSPS) is 14.5. The van der Waals surface area contributed by atoms with Gasteiger partial charge in [0.1, 0.15) is 0 Å². The number of likely N-dealkylation sites (tertiary alicyclic amines) is 1. The third-order valence-corrected chi connectivity index (χ3v) is 11.6. The third kappa shape index (κ3) is 34.4. The van der Waals surface area contributed by atoms with Gasteiger partial charge in [-0.25, -0.2) is 0 Å². The maximum absolute atomic E-state index is 12.9. The molecule has 0 unspecified atom stereocenters. The molecule has 330 valence electrons. The van der Waals surface area contributed by atoms with Crippen LogP contribution in [0.1, 0.15) is 239 Å². The summed E-state index contributed by atoms with van der Waals surface area (Å²) in [6.07, 6.45) is 42.5. The first-order chi connectivity index (χ1) is 27.5. The molecule has 0 radical (unpaired) electrons. The topological polar surface area (TPSA) is 94.2 Å². The van der Waals surface area contributed by atoms with Gasteiger partial charge in [-0.05, 0) is 19.3 Å². The van der Waals surface area contributed by atoms with Gasteiger partial charge in [0.15, 0.2) is 0 Å². The van der Waals surface area contributed by atoms with Crippen LogP contribution in [0.5, 0.6) is 0 Å². The zero-order chi connectivity index (χ0) is 40.6. The van der Waals surface area contributed by atoms with Gasteiger partial charge in [0, 0.05) is 26.2 Å². The largest absolute Gasteiger partial charge is 0.466 e. The van der Waals surface area contributed by atoms with Crippen molar-refractivity contribution in [1.29, 1.82) is 0 Å². The number of carbonyl (C=O) groups excluding carboxylic acids is 3. The van der Waals surface area contributed by atoms with Crippen molar-refractivity contribution in [3.8, 4) is 0 Å². The summed E-state index contributed by atoms with van der Waals surface area (Å²) in [5, 5.41) is 2.93. The van der Waals surface area contributed by atoms with E-state index in [1.54, 1.807) is 7.11 Å². The van der Waals surface area contributed by atoms with Gasteiger partial charge in [0.2, 0.25) is 5.91 Å². The highest BCUT2D eigenvalue weighted by Gasteiger charge is 2.26. The minimum Gasteiger partial charge on any atom is -0.466 e.